The maximum atomic E-state index is 4.71. The van der Waals surface area contributed by atoms with Crippen LogP contribution in [0.5, 0.6) is 0 Å². The van der Waals surface area contributed by atoms with E-state index in [0.29, 0.717) is 0 Å². The summed E-state index contributed by atoms with van der Waals surface area (Å²) in [5.41, 5.74) is 3.98. The van der Waals surface area contributed by atoms with Gasteiger partial charge in [0.15, 0.2) is 0 Å². The molecule has 0 amide bonds. The molecule has 0 saturated heterocycles. The smallest absolute Gasteiger partial charge is 0.0979 e. The fraction of sp³-hybridized carbons (Fsp3) is 0.0417. The number of allylic oxidation sites excluding steroid dienone is 2. The summed E-state index contributed by atoms with van der Waals surface area (Å²) in [4.78, 5) is 19.3. The van der Waals surface area contributed by atoms with Crippen molar-refractivity contribution >= 4 is 30.1 Å². The molecule has 0 radical (unpaired) electrons. The normalized spacial score (nSPS) is 16.9. The Labute approximate surface area is 172 Å². The van der Waals surface area contributed by atoms with Crippen LogP contribution in [0.25, 0.3) is 24.4 Å². The van der Waals surface area contributed by atoms with Crippen molar-refractivity contribution in [2.45, 2.75) is 0 Å². The summed E-state index contributed by atoms with van der Waals surface area (Å²) in [6.45, 7) is 0.750. The van der Waals surface area contributed by atoms with E-state index in [-0.39, 0.29) is 0 Å². The lowest BCUT2D eigenvalue weighted by Gasteiger charge is -2.14. The second-order valence-electron chi connectivity index (χ2n) is 7.56. The zero-order valence-corrected chi connectivity index (χ0v) is 16.2. The van der Waals surface area contributed by atoms with Gasteiger partial charge in [-0.15, -0.1) is 0 Å². The van der Waals surface area contributed by atoms with Gasteiger partial charge < -0.3 is 24.8 Å². The topological polar surface area (TPSA) is 66.2 Å². The number of nitrogens with one attached hydrogen (secondary N) is 3. The van der Waals surface area contributed by atoms with Crippen molar-refractivity contribution in [3.8, 4) is 0 Å². The lowest BCUT2D eigenvalue weighted by molar-refractivity contribution is 0.411. The van der Waals surface area contributed by atoms with E-state index in [1.165, 1.54) is 0 Å². The minimum Gasteiger partial charge on any atom is -0.355 e. The predicted octanol–water partition coefficient (Wildman–Crippen LogP) is 0.759. The van der Waals surface area contributed by atoms with Crippen LogP contribution in [0.2, 0.25) is 0 Å². The molecule has 0 aromatic carbocycles. The van der Waals surface area contributed by atoms with E-state index in [9.17, 15) is 0 Å². The van der Waals surface area contributed by atoms with Crippen LogP contribution in [0.3, 0.4) is 0 Å². The number of hydrogen-bond acceptors (Lipinski definition) is 3. The van der Waals surface area contributed by atoms with E-state index < -0.39 is 0 Å². The molecule has 0 aliphatic carbocycles. The molecule has 10 bridgehead atoms. The molecule has 146 valence electrons. The number of aromatic amines is 3. The number of nitrogens with zero attached hydrogens (tertiary/aromatic N) is 3. The SMILES string of the molecule is C1=CC2=NC1=CN1C=CN(C=c3ccc([nH]3)=Cc3ccc([nH]3)C=c3ccc([nH]3)=C2)C1. The number of hydrogen-bond donors (Lipinski definition) is 3. The Morgan fingerprint density at radius 1 is 0.633 bits per heavy atom. The molecule has 3 aliphatic rings. The second-order valence-corrected chi connectivity index (χ2v) is 7.56. The van der Waals surface area contributed by atoms with Gasteiger partial charge >= 0.3 is 0 Å². The van der Waals surface area contributed by atoms with Gasteiger partial charge in [-0.05, 0) is 66.8 Å². The van der Waals surface area contributed by atoms with Gasteiger partial charge in [0.2, 0.25) is 0 Å². The van der Waals surface area contributed by atoms with Crippen LogP contribution < -0.4 is 21.4 Å². The highest BCUT2D eigenvalue weighted by molar-refractivity contribution is 6.19. The quantitative estimate of drug-likeness (QED) is 0.529. The standard InChI is InChI=1S/C24H20N6/c1-3-19-12-21-5-7-23(27-21)14-29-9-10-30(16-29)15-24-8-6-22(28-24)13-20-4-2-18(26-20)11-17(1)25-19/h1-15,25-27H,16H2. The van der Waals surface area contributed by atoms with Crippen LogP contribution in [0, 0.1) is 0 Å². The fourth-order valence-electron chi connectivity index (χ4n) is 3.80. The largest absolute Gasteiger partial charge is 0.355 e. The maximum absolute atomic E-state index is 4.71. The first kappa shape index (κ1) is 16.7. The first-order valence-corrected chi connectivity index (χ1v) is 9.90. The van der Waals surface area contributed by atoms with Crippen LogP contribution in [-0.4, -0.2) is 37.1 Å². The maximum Gasteiger partial charge on any atom is 0.0979 e. The monoisotopic (exact) mass is 392 g/mol. The van der Waals surface area contributed by atoms with E-state index in [1.54, 1.807) is 0 Å². The Morgan fingerprint density at radius 3 is 2.03 bits per heavy atom. The van der Waals surface area contributed by atoms with Gasteiger partial charge in [-0.1, -0.05) is 0 Å². The number of aliphatic imine (C=N–C) groups is 1. The van der Waals surface area contributed by atoms with Crippen LogP contribution >= 0.6 is 0 Å². The molecule has 3 N–H and O–H groups in total. The van der Waals surface area contributed by atoms with Gasteiger partial charge in [0.05, 0.1) is 23.4 Å². The number of H-pyrrole nitrogens is 3. The summed E-state index contributed by atoms with van der Waals surface area (Å²) < 4.78 is 0. The van der Waals surface area contributed by atoms with Crippen LogP contribution in [-0.2, 0) is 0 Å². The Bertz CT molecular complexity index is 1480. The van der Waals surface area contributed by atoms with Gasteiger partial charge in [-0.3, -0.25) is 0 Å². The highest BCUT2D eigenvalue weighted by Crippen LogP contribution is 2.14. The zero-order chi connectivity index (χ0) is 19.9. The highest BCUT2D eigenvalue weighted by Gasteiger charge is 2.10. The van der Waals surface area contributed by atoms with Crippen molar-refractivity contribution in [1.82, 2.24) is 24.8 Å². The van der Waals surface area contributed by atoms with Gasteiger partial charge in [-0.25, -0.2) is 4.99 Å². The van der Waals surface area contributed by atoms with E-state index in [4.69, 9.17) is 4.99 Å². The van der Waals surface area contributed by atoms with Crippen molar-refractivity contribution < 1.29 is 0 Å². The summed E-state index contributed by atoms with van der Waals surface area (Å²) >= 11 is 0. The predicted molar refractivity (Wildman–Crippen MR) is 119 cm³/mol. The zero-order valence-electron chi connectivity index (χ0n) is 16.2. The molecule has 6 heteroatoms. The lowest BCUT2D eigenvalue weighted by atomic mass is 10.3. The first-order chi connectivity index (χ1) is 14.7. The molecular formula is C24H20N6. The third kappa shape index (κ3) is 3.35. The third-order valence-electron chi connectivity index (χ3n) is 5.18. The van der Waals surface area contributed by atoms with Crippen LogP contribution in [0.1, 0.15) is 11.4 Å². The molecule has 6 rings (SSSR count). The molecule has 0 spiro atoms. The summed E-state index contributed by atoms with van der Waals surface area (Å²) in [5, 5.41) is 4.18. The molecule has 0 fully saturated rings. The summed E-state index contributed by atoms with van der Waals surface area (Å²) in [6.07, 6.45) is 18.6. The van der Waals surface area contributed by atoms with Gasteiger partial charge in [0.25, 0.3) is 0 Å². The Balaban J connectivity index is 1.48. The van der Waals surface area contributed by atoms with Crippen LogP contribution in [0.15, 0.2) is 77.8 Å². The molecule has 3 aromatic rings. The highest BCUT2D eigenvalue weighted by atomic mass is 15.3. The molecule has 30 heavy (non-hydrogen) atoms. The summed E-state index contributed by atoms with van der Waals surface area (Å²) in [7, 11) is 0. The van der Waals surface area contributed by atoms with Crippen molar-refractivity contribution in [1.29, 1.82) is 0 Å². The van der Waals surface area contributed by atoms with E-state index in [2.05, 4.69) is 104 Å². The molecule has 0 saturated carbocycles. The molecule has 3 aliphatic heterocycles. The number of aromatic nitrogens is 3. The molecule has 0 unspecified atom stereocenters. The van der Waals surface area contributed by atoms with Crippen molar-refractivity contribution in [2.24, 2.45) is 4.99 Å². The summed E-state index contributed by atoms with van der Waals surface area (Å²) in [6, 6.07) is 12.5. The molecule has 0 atom stereocenters. The van der Waals surface area contributed by atoms with Crippen molar-refractivity contribution in [3.63, 3.8) is 0 Å². The van der Waals surface area contributed by atoms with Gasteiger partial charge in [0.1, 0.15) is 0 Å². The molecule has 6 heterocycles. The third-order valence-corrected chi connectivity index (χ3v) is 5.18. The number of rotatable bonds is 0. The van der Waals surface area contributed by atoms with E-state index >= 15 is 0 Å². The van der Waals surface area contributed by atoms with Crippen molar-refractivity contribution in [2.75, 3.05) is 6.67 Å². The minimum atomic E-state index is 0.750. The van der Waals surface area contributed by atoms with E-state index in [0.717, 1.165) is 50.9 Å². The Kier molecular flexibility index (Phi) is 3.74. The molecular weight excluding hydrogens is 372 g/mol. The molecule has 6 nitrogen and oxygen atoms in total. The Hall–Kier alpha value is -4.19. The molecule has 3 aromatic heterocycles. The van der Waals surface area contributed by atoms with Crippen molar-refractivity contribution in [3.05, 3.63) is 106 Å². The minimum absolute atomic E-state index is 0.750. The van der Waals surface area contributed by atoms with Gasteiger partial charge in [-0.2, -0.15) is 0 Å². The van der Waals surface area contributed by atoms with Crippen LogP contribution in [0.4, 0.5) is 0 Å². The average molecular weight is 392 g/mol. The number of fused-ring (bicyclic) bond motifs is 9. The Morgan fingerprint density at radius 2 is 1.27 bits per heavy atom. The summed E-state index contributed by atoms with van der Waals surface area (Å²) in [5.74, 6) is 0. The lowest BCUT2D eigenvalue weighted by Crippen LogP contribution is -2.21. The van der Waals surface area contributed by atoms with E-state index in [1.807, 2.05) is 12.2 Å². The second kappa shape index (κ2) is 6.70. The first-order valence-electron chi connectivity index (χ1n) is 9.90. The average Bonchev–Trinajstić information content (AvgIpc) is 3.52. The van der Waals surface area contributed by atoms with Gasteiger partial charge in [0, 0.05) is 52.2 Å². The fourth-order valence-corrected chi connectivity index (χ4v) is 3.80.